The van der Waals surface area contributed by atoms with Gasteiger partial charge in [0.15, 0.2) is 0 Å². The van der Waals surface area contributed by atoms with E-state index in [1.54, 1.807) is 4.90 Å². The third kappa shape index (κ3) is 3.61. The fourth-order valence-electron chi connectivity index (χ4n) is 2.30. The zero-order chi connectivity index (χ0) is 14.2. The van der Waals surface area contributed by atoms with Gasteiger partial charge in [0.1, 0.15) is 0 Å². The Kier molecular flexibility index (Phi) is 4.42. The van der Waals surface area contributed by atoms with Crippen molar-refractivity contribution in [2.45, 2.75) is 13.3 Å². The molecule has 1 saturated heterocycles. The van der Waals surface area contributed by atoms with Gasteiger partial charge in [-0.3, -0.25) is 4.79 Å². The van der Waals surface area contributed by atoms with Crippen LogP contribution >= 0.6 is 33.3 Å². The number of nitrogens with zero attached hydrogens (tertiary/aromatic N) is 1. The topological polar surface area (TPSA) is 54.5 Å². The number of amides is 1. The van der Waals surface area contributed by atoms with Crippen LogP contribution in [0.25, 0.3) is 0 Å². The fourth-order valence-corrected chi connectivity index (χ4v) is 4.10. The van der Waals surface area contributed by atoms with Crippen molar-refractivity contribution in [3.8, 4) is 0 Å². The molecule has 0 N–H and O–H groups in total. The lowest BCUT2D eigenvalue weighted by molar-refractivity contribution is -0.117. The van der Waals surface area contributed by atoms with Crippen LogP contribution in [0.3, 0.4) is 0 Å². The summed E-state index contributed by atoms with van der Waals surface area (Å²) in [7, 11) is 1.69. The van der Waals surface area contributed by atoms with E-state index in [0.717, 1.165) is 14.8 Å². The first-order valence-electron chi connectivity index (χ1n) is 5.76. The summed E-state index contributed by atoms with van der Waals surface area (Å²) in [5.41, 5.74) is 1.89. The first-order valence-corrected chi connectivity index (χ1v) is 9.31. The number of carbonyl (C=O) groups excluding carboxylic acids is 1. The van der Waals surface area contributed by atoms with E-state index < -0.39 is 9.05 Å². The maximum absolute atomic E-state index is 12.0. The number of rotatable bonds is 3. The van der Waals surface area contributed by atoms with Crippen molar-refractivity contribution in [1.82, 2.24) is 0 Å². The van der Waals surface area contributed by atoms with E-state index in [2.05, 4.69) is 22.6 Å². The van der Waals surface area contributed by atoms with Crippen LogP contribution in [0.2, 0.25) is 0 Å². The van der Waals surface area contributed by atoms with Gasteiger partial charge in [-0.05, 0) is 47.2 Å². The zero-order valence-corrected chi connectivity index (χ0v) is 14.0. The molecule has 1 aromatic rings. The summed E-state index contributed by atoms with van der Waals surface area (Å²) < 4.78 is 23.3. The third-order valence-corrected chi connectivity index (χ3v) is 5.59. The maximum Gasteiger partial charge on any atom is 0.232 e. The largest absolute Gasteiger partial charge is 0.312 e. The van der Waals surface area contributed by atoms with Crippen molar-refractivity contribution < 1.29 is 13.2 Å². The smallest absolute Gasteiger partial charge is 0.232 e. The summed E-state index contributed by atoms with van der Waals surface area (Å²) >= 11 is 2.22. The minimum Gasteiger partial charge on any atom is -0.312 e. The Labute approximate surface area is 130 Å². The quantitative estimate of drug-likeness (QED) is 0.565. The maximum atomic E-state index is 12.0. The standard InChI is InChI=1S/C12H13ClINO3S/c1-8-10(14)3-2-4-11(8)15-6-9(5-12(15)16)7-19(13,17)18/h2-4,9H,5-7H2,1H3. The molecule has 1 unspecified atom stereocenters. The van der Waals surface area contributed by atoms with Crippen LogP contribution in [0.5, 0.6) is 0 Å². The molecule has 1 aliphatic heterocycles. The molecular formula is C12H13ClINO3S. The van der Waals surface area contributed by atoms with Gasteiger partial charge in [-0.1, -0.05) is 6.07 Å². The second kappa shape index (κ2) is 5.57. The van der Waals surface area contributed by atoms with Crippen molar-refractivity contribution in [3.05, 3.63) is 27.3 Å². The highest BCUT2D eigenvalue weighted by molar-refractivity contribution is 14.1. The lowest BCUT2D eigenvalue weighted by Crippen LogP contribution is -2.26. The van der Waals surface area contributed by atoms with Crippen molar-refractivity contribution >= 4 is 53.9 Å². The molecule has 7 heteroatoms. The molecule has 1 fully saturated rings. The van der Waals surface area contributed by atoms with E-state index >= 15 is 0 Å². The highest BCUT2D eigenvalue weighted by Gasteiger charge is 2.33. The average Bonchev–Trinajstić information content (AvgIpc) is 2.61. The SMILES string of the molecule is Cc1c(I)cccc1N1CC(CS(=O)(=O)Cl)CC1=O. The van der Waals surface area contributed by atoms with Gasteiger partial charge in [0, 0.05) is 38.8 Å². The molecule has 0 radical (unpaired) electrons. The predicted molar refractivity (Wildman–Crippen MR) is 84.0 cm³/mol. The van der Waals surface area contributed by atoms with E-state index in [1.807, 2.05) is 25.1 Å². The monoisotopic (exact) mass is 413 g/mol. The Hall–Kier alpha value is -0.340. The van der Waals surface area contributed by atoms with Crippen LogP contribution in [0.4, 0.5) is 5.69 Å². The molecule has 1 atom stereocenters. The second-order valence-corrected chi connectivity index (χ2v) is 8.65. The normalized spacial score (nSPS) is 20.1. The molecule has 0 aliphatic carbocycles. The minimum atomic E-state index is -3.56. The summed E-state index contributed by atoms with van der Waals surface area (Å²) in [4.78, 5) is 13.7. The number of carbonyl (C=O) groups is 1. The van der Waals surface area contributed by atoms with Gasteiger partial charge in [-0.2, -0.15) is 0 Å². The molecule has 1 heterocycles. The highest BCUT2D eigenvalue weighted by atomic mass is 127. The highest BCUT2D eigenvalue weighted by Crippen LogP contribution is 2.30. The molecule has 1 aromatic carbocycles. The van der Waals surface area contributed by atoms with Crippen LogP contribution in [-0.4, -0.2) is 26.6 Å². The number of halogens is 2. The van der Waals surface area contributed by atoms with E-state index in [1.165, 1.54) is 0 Å². The first kappa shape index (κ1) is 15.1. The Bertz CT molecular complexity index is 617. The van der Waals surface area contributed by atoms with Gasteiger partial charge in [-0.25, -0.2) is 8.42 Å². The van der Waals surface area contributed by atoms with Gasteiger partial charge >= 0.3 is 0 Å². The summed E-state index contributed by atoms with van der Waals surface area (Å²) in [6.45, 7) is 2.36. The molecule has 2 rings (SSSR count). The lowest BCUT2D eigenvalue weighted by atomic mass is 10.1. The molecule has 1 aliphatic rings. The summed E-state index contributed by atoms with van der Waals surface area (Å²) in [5.74, 6) is -0.428. The van der Waals surface area contributed by atoms with E-state index in [-0.39, 0.29) is 24.0 Å². The number of hydrogen-bond acceptors (Lipinski definition) is 3. The van der Waals surface area contributed by atoms with Crippen molar-refractivity contribution in [1.29, 1.82) is 0 Å². The van der Waals surface area contributed by atoms with Crippen LogP contribution in [0.1, 0.15) is 12.0 Å². The summed E-state index contributed by atoms with van der Waals surface area (Å²) in [5, 5.41) is 0. The second-order valence-electron chi connectivity index (χ2n) is 4.66. The Morgan fingerprint density at radius 2 is 2.16 bits per heavy atom. The molecule has 19 heavy (non-hydrogen) atoms. The number of anilines is 1. The fraction of sp³-hybridized carbons (Fsp3) is 0.417. The van der Waals surface area contributed by atoms with Crippen molar-refractivity contribution in [2.24, 2.45) is 5.92 Å². The Balaban J connectivity index is 2.23. The first-order chi connectivity index (χ1) is 8.78. The minimum absolute atomic E-state index is 0.0459. The molecule has 4 nitrogen and oxygen atoms in total. The number of hydrogen-bond donors (Lipinski definition) is 0. The molecule has 0 bridgehead atoms. The summed E-state index contributed by atoms with van der Waals surface area (Å²) in [6.07, 6.45) is 0.233. The third-order valence-electron chi connectivity index (χ3n) is 3.17. The van der Waals surface area contributed by atoms with Crippen LogP contribution in [0.15, 0.2) is 18.2 Å². The van der Waals surface area contributed by atoms with Gasteiger partial charge in [-0.15, -0.1) is 0 Å². The van der Waals surface area contributed by atoms with E-state index in [4.69, 9.17) is 10.7 Å². The zero-order valence-electron chi connectivity index (χ0n) is 10.3. The Morgan fingerprint density at radius 1 is 1.47 bits per heavy atom. The van der Waals surface area contributed by atoms with E-state index in [0.29, 0.717) is 6.54 Å². The molecule has 1 amide bonds. The molecule has 0 saturated carbocycles. The molecule has 104 valence electrons. The average molecular weight is 414 g/mol. The van der Waals surface area contributed by atoms with Crippen LogP contribution in [0, 0.1) is 16.4 Å². The molecule has 0 spiro atoms. The van der Waals surface area contributed by atoms with Gasteiger partial charge < -0.3 is 4.90 Å². The van der Waals surface area contributed by atoms with Crippen molar-refractivity contribution in [3.63, 3.8) is 0 Å². The summed E-state index contributed by atoms with van der Waals surface area (Å²) in [6, 6.07) is 5.75. The molecule has 0 aromatic heterocycles. The lowest BCUT2D eigenvalue weighted by Gasteiger charge is -2.19. The number of benzene rings is 1. The van der Waals surface area contributed by atoms with Gasteiger partial charge in [0.25, 0.3) is 0 Å². The predicted octanol–water partition coefficient (Wildman–Crippen LogP) is 2.52. The van der Waals surface area contributed by atoms with Crippen LogP contribution in [-0.2, 0) is 13.8 Å². The van der Waals surface area contributed by atoms with Crippen molar-refractivity contribution in [2.75, 3.05) is 17.2 Å². The van der Waals surface area contributed by atoms with Gasteiger partial charge in [0.05, 0.1) is 5.75 Å². The molecular weight excluding hydrogens is 401 g/mol. The van der Waals surface area contributed by atoms with E-state index in [9.17, 15) is 13.2 Å². The van der Waals surface area contributed by atoms with Gasteiger partial charge in [0.2, 0.25) is 15.0 Å². The van der Waals surface area contributed by atoms with Crippen LogP contribution < -0.4 is 4.90 Å². The Morgan fingerprint density at radius 3 is 2.79 bits per heavy atom.